The van der Waals surface area contributed by atoms with E-state index in [2.05, 4.69) is 17.6 Å². The number of aliphatic imine (C=N–C) groups is 1. The summed E-state index contributed by atoms with van der Waals surface area (Å²) in [5, 5.41) is 0. The number of hydrogen-bond acceptors (Lipinski definition) is 2. The standard InChI is InChI=1S/C10H13NS/c1-7(2)11-10-8(3)5-4-6-9(10)12/h4-6,12H,1-3H3. The van der Waals surface area contributed by atoms with Crippen LogP contribution in [0, 0.1) is 6.92 Å². The molecule has 0 heterocycles. The van der Waals surface area contributed by atoms with Crippen LogP contribution in [0.4, 0.5) is 5.69 Å². The Bertz CT molecular complexity index is 291. The Morgan fingerprint density at radius 1 is 1.33 bits per heavy atom. The number of thiol groups is 1. The molecule has 0 unspecified atom stereocenters. The number of aryl methyl sites for hydroxylation is 1. The Hall–Kier alpha value is -0.760. The average Bonchev–Trinajstić information content (AvgIpc) is 1.97. The molecule has 0 aliphatic rings. The maximum absolute atomic E-state index is 4.40. The first-order chi connectivity index (χ1) is 5.61. The number of para-hydroxylation sites is 1. The van der Waals surface area contributed by atoms with Crippen LogP contribution in [0.25, 0.3) is 0 Å². The van der Waals surface area contributed by atoms with Gasteiger partial charge in [-0.1, -0.05) is 12.1 Å². The lowest BCUT2D eigenvalue weighted by atomic mass is 10.2. The summed E-state index contributed by atoms with van der Waals surface area (Å²) < 4.78 is 0. The summed E-state index contributed by atoms with van der Waals surface area (Å²) in [5.74, 6) is 0. The molecule has 0 saturated heterocycles. The molecule has 0 saturated carbocycles. The van der Waals surface area contributed by atoms with Crippen molar-refractivity contribution in [1.29, 1.82) is 0 Å². The normalized spacial score (nSPS) is 9.67. The topological polar surface area (TPSA) is 12.4 Å². The number of hydrogen-bond donors (Lipinski definition) is 1. The zero-order chi connectivity index (χ0) is 9.14. The first-order valence-electron chi connectivity index (χ1n) is 3.91. The fraction of sp³-hybridized carbons (Fsp3) is 0.300. The van der Waals surface area contributed by atoms with Gasteiger partial charge in [0, 0.05) is 10.6 Å². The van der Waals surface area contributed by atoms with Gasteiger partial charge in [0.2, 0.25) is 0 Å². The van der Waals surface area contributed by atoms with Gasteiger partial charge in [0.1, 0.15) is 0 Å². The first-order valence-corrected chi connectivity index (χ1v) is 4.36. The van der Waals surface area contributed by atoms with Crippen LogP contribution in [-0.4, -0.2) is 5.71 Å². The zero-order valence-corrected chi connectivity index (χ0v) is 8.52. The van der Waals surface area contributed by atoms with Gasteiger partial charge in [-0.15, -0.1) is 12.6 Å². The van der Waals surface area contributed by atoms with Crippen molar-refractivity contribution in [3.05, 3.63) is 23.8 Å². The van der Waals surface area contributed by atoms with Gasteiger partial charge < -0.3 is 0 Å². The molecular weight excluding hydrogens is 166 g/mol. The Labute approximate surface area is 78.9 Å². The van der Waals surface area contributed by atoms with E-state index in [0.717, 1.165) is 16.3 Å². The van der Waals surface area contributed by atoms with Gasteiger partial charge in [0.05, 0.1) is 5.69 Å². The lowest BCUT2D eigenvalue weighted by Crippen LogP contribution is -1.82. The summed E-state index contributed by atoms with van der Waals surface area (Å²) in [5.41, 5.74) is 3.21. The van der Waals surface area contributed by atoms with Gasteiger partial charge in [-0.25, -0.2) is 0 Å². The molecule has 1 aromatic carbocycles. The van der Waals surface area contributed by atoms with Crippen LogP contribution in [0.5, 0.6) is 0 Å². The molecule has 2 heteroatoms. The molecule has 0 bridgehead atoms. The predicted molar refractivity (Wildman–Crippen MR) is 56.9 cm³/mol. The summed E-state index contributed by atoms with van der Waals surface area (Å²) in [4.78, 5) is 5.34. The summed E-state index contributed by atoms with van der Waals surface area (Å²) >= 11 is 4.34. The largest absolute Gasteiger partial charge is 0.257 e. The van der Waals surface area contributed by atoms with Crippen LogP contribution in [0.15, 0.2) is 28.1 Å². The van der Waals surface area contributed by atoms with Crippen LogP contribution in [0.3, 0.4) is 0 Å². The molecule has 0 spiro atoms. The Morgan fingerprint density at radius 3 is 2.50 bits per heavy atom. The fourth-order valence-electron chi connectivity index (χ4n) is 1.01. The second-order valence-corrected chi connectivity index (χ2v) is 3.48. The van der Waals surface area contributed by atoms with E-state index in [4.69, 9.17) is 0 Å². The van der Waals surface area contributed by atoms with E-state index in [-0.39, 0.29) is 0 Å². The van der Waals surface area contributed by atoms with Crippen molar-refractivity contribution in [3.63, 3.8) is 0 Å². The second kappa shape index (κ2) is 3.76. The van der Waals surface area contributed by atoms with Crippen LogP contribution in [0.1, 0.15) is 19.4 Å². The lowest BCUT2D eigenvalue weighted by Gasteiger charge is -2.03. The van der Waals surface area contributed by atoms with Gasteiger partial charge in [0.15, 0.2) is 0 Å². The molecule has 1 rings (SSSR count). The number of nitrogens with zero attached hydrogens (tertiary/aromatic N) is 1. The molecule has 0 fully saturated rings. The molecule has 0 radical (unpaired) electrons. The average molecular weight is 179 g/mol. The minimum atomic E-state index is 0.941. The van der Waals surface area contributed by atoms with Gasteiger partial charge in [0.25, 0.3) is 0 Å². The molecule has 12 heavy (non-hydrogen) atoms. The quantitative estimate of drug-likeness (QED) is 0.501. The highest BCUT2D eigenvalue weighted by Crippen LogP contribution is 2.26. The smallest absolute Gasteiger partial charge is 0.0791 e. The third-order valence-corrected chi connectivity index (χ3v) is 1.91. The summed E-state index contributed by atoms with van der Waals surface area (Å²) in [6.45, 7) is 6.01. The highest BCUT2D eigenvalue weighted by molar-refractivity contribution is 7.80. The minimum absolute atomic E-state index is 0.941. The van der Waals surface area contributed by atoms with Gasteiger partial charge >= 0.3 is 0 Å². The third kappa shape index (κ3) is 2.11. The van der Waals surface area contributed by atoms with E-state index in [0.29, 0.717) is 0 Å². The zero-order valence-electron chi connectivity index (χ0n) is 7.63. The molecule has 1 aromatic rings. The van der Waals surface area contributed by atoms with E-state index < -0.39 is 0 Å². The highest BCUT2D eigenvalue weighted by atomic mass is 32.1. The van der Waals surface area contributed by atoms with Crippen molar-refractivity contribution in [2.75, 3.05) is 0 Å². The molecule has 0 aliphatic carbocycles. The molecule has 1 nitrogen and oxygen atoms in total. The summed E-state index contributed by atoms with van der Waals surface area (Å²) in [6, 6.07) is 5.99. The van der Waals surface area contributed by atoms with Gasteiger partial charge in [-0.3, -0.25) is 4.99 Å². The lowest BCUT2D eigenvalue weighted by molar-refractivity contribution is 1.30. The predicted octanol–water partition coefficient (Wildman–Crippen LogP) is 3.40. The van der Waals surface area contributed by atoms with Crippen molar-refractivity contribution in [3.8, 4) is 0 Å². The van der Waals surface area contributed by atoms with Crippen LogP contribution in [-0.2, 0) is 0 Å². The van der Waals surface area contributed by atoms with Crippen LogP contribution < -0.4 is 0 Å². The monoisotopic (exact) mass is 179 g/mol. The maximum atomic E-state index is 4.40. The van der Waals surface area contributed by atoms with Crippen molar-refractivity contribution in [2.24, 2.45) is 4.99 Å². The number of rotatable bonds is 1. The molecule has 64 valence electrons. The van der Waals surface area contributed by atoms with E-state index in [9.17, 15) is 0 Å². The van der Waals surface area contributed by atoms with Crippen molar-refractivity contribution >= 4 is 24.0 Å². The van der Waals surface area contributed by atoms with Crippen LogP contribution >= 0.6 is 12.6 Å². The van der Waals surface area contributed by atoms with E-state index in [1.165, 1.54) is 5.56 Å². The Balaban J connectivity index is 3.22. The van der Waals surface area contributed by atoms with Crippen molar-refractivity contribution in [1.82, 2.24) is 0 Å². The minimum Gasteiger partial charge on any atom is -0.257 e. The fourth-order valence-corrected chi connectivity index (χ4v) is 1.32. The highest BCUT2D eigenvalue weighted by Gasteiger charge is 1.99. The van der Waals surface area contributed by atoms with E-state index >= 15 is 0 Å². The Morgan fingerprint density at radius 2 is 2.00 bits per heavy atom. The summed E-state index contributed by atoms with van der Waals surface area (Å²) in [6.07, 6.45) is 0. The van der Waals surface area contributed by atoms with Crippen LogP contribution in [0.2, 0.25) is 0 Å². The molecule has 0 N–H and O–H groups in total. The van der Waals surface area contributed by atoms with Crippen molar-refractivity contribution in [2.45, 2.75) is 25.7 Å². The number of benzene rings is 1. The van der Waals surface area contributed by atoms with E-state index in [1.54, 1.807) is 0 Å². The van der Waals surface area contributed by atoms with Crippen molar-refractivity contribution < 1.29 is 0 Å². The molecule has 0 aliphatic heterocycles. The molecule has 0 amide bonds. The SMILES string of the molecule is CC(C)=Nc1c(C)cccc1S. The third-order valence-electron chi connectivity index (χ3n) is 1.55. The Kier molecular flexibility index (Phi) is 2.93. The first kappa shape index (κ1) is 9.33. The summed E-state index contributed by atoms with van der Waals surface area (Å²) in [7, 11) is 0. The molecule has 0 aromatic heterocycles. The maximum Gasteiger partial charge on any atom is 0.0791 e. The second-order valence-electron chi connectivity index (χ2n) is 3.00. The molecule has 0 atom stereocenters. The van der Waals surface area contributed by atoms with Gasteiger partial charge in [-0.05, 0) is 32.4 Å². The van der Waals surface area contributed by atoms with E-state index in [1.807, 2.05) is 39.0 Å². The van der Waals surface area contributed by atoms with Gasteiger partial charge in [-0.2, -0.15) is 0 Å². The molecular formula is C10H13NS.